The lowest BCUT2D eigenvalue weighted by atomic mass is 10.1. The molecule has 0 spiro atoms. The Kier molecular flexibility index (Phi) is 5.37. The van der Waals surface area contributed by atoms with E-state index in [1.54, 1.807) is 0 Å². The molecule has 3 fully saturated rings. The van der Waals surface area contributed by atoms with Gasteiger partial charge in [0.1, 0.15) is 0 Å². The Morgan fingerprint density at radius 3 is 2.00 bits per heavy atom. The molecule has 4 heterocycles. The third kappa shape index (κ3) is 4.16. The van der Waals surface area contributed by atoms with Crippen molar-refractivity contribution in [2.75, 3.05) is 54.4 Å². The van der Waals surface area contributed by atoms with Crippen LogP contribution in [0.2, 0.25) is 0 Å². The van der Waals surface area contributed by atoms with E-state index in [0.29, 0.717) is 12.0 Å². The molecule has 0 radical (unpaired) electrons. The predicted molar refractivity (Wildman–Crippen MR) is 104 cm³/mol. The molecule has 6 N–H and O–H groups in total. The summed E-state index contributed by atoms with van der Waals surface area (Å²) in [4.78, 5) is 18.6. The molecule has 4 rings (SSSR count). The molecule has 0 amide bonds. The van der Waals surface area contributed by atoms with Crippen LogP contribution in [0.15, 0.2) is 0 Å². The lowest BCUT2D eigenvalue weighted by Gasteiger charge is -2.33. The lowest BCUT2D eigenvalue weighted by Crippen LogP contribution is -2.45. The van der Waals surface area contributed by atoms with Crippen molar-refractivity contribution in [3.63, 3.8) is 0 Å². The fourth-order valence-corrected chi connectivity index (χ4v) is 4.04. The summed E-state index contributed by atoms with van der Waals surface area (Å²) in [5.74, 6) is 2.13. The van der Waals surface area contributed by atoms with Crippen molar-refractivity contribution >= 4 is 17.8 Å². The van der Waals surface area contributed by atoms with E-state index in [2.05, 4.69) is 20.4 Å². The van der Waals surface area contributed by atoms with Crippen LogP contribution < -0.4 is 31.9 Å². The first-order valence-corrected chi connectivity index (χ1v) is 9.92. The molecule has 3 atom stereocenters. The standard InChI is InChI=1S/C17H31N9/c18-12-3-1-7-25(10-12)16-22-15(21-14-5-6-20-9-14)23-17(24-16)26-8-2-4-13(19)11-26/h12-14,20H,1-11,18-19H2,(H,21,22,23,24)/t12-,13-,14?/m0/s1. The first kappa shape index (κ1) is 17.7. The maximum Gasteiger partial charge on any atom is 0.232 e. The molecule has 0 aliphatic carbocycles. The smallest absolute Gasteiger partial charge is 0.232 e. The number of hydrogen-bond donors (Lipinski definition) is 4. The summed E-state index contributed by atoms with van der Waals surface area (Å²) >= 11 is 0. The molecule has 0 saturated carbocycles. The highest BCUT2D eigenvalue weighted by molar-refractivity contribution is 5.46. The molecular formula is C17H31N9. The molecule has 3 aliphatic heterocycles. The fraction of sp³-hybridized carbons (Fsp3) is 0.824. The molecule has 1 unspecified atom stereocenters. The first-order chi connectivity index (χ1) is 12.7. The molecule has 26 heavy (non-hydrogen) atoms. The summed E-state index contributed by atoms with van der Waals surface area (Å²) in [5.41, 5.74) is 12.3. The quantitative estimate of drug-likeness (QED) is 0.562. The van der Waals surface area contributed by atoms with Crippen molar-refractivity contribution in [2.24, 2.45) is 11.5 Å². The Morgan fingerprint density at radius 1 is 0.885 bits per heavy atom. The van der Waals surface area contributed by atoms with E-state index in [1.807, 2.05) is 0 Å². The van der Waals surface area contributed by atoms with Crippen LogP contribution in [0.25, 0.3) is 0 Å². The Hall–Kier alpha value is -1.71. The number of nitrogens with one attached hydrogen (secondary N) is 2. The van der Waals surface area contributed by atoms with E-state index < -0.39 is 0 Å². The molecule has 9 nitrogen and oxygen atoms in total. The number of nitrogens with two attached hydrogens (primary N) is 2. The van der Waals surface area contributed by atoms with Crippen molar-refractivity contribution in [3.8, 4) is 0 Å². The fourth-order valence-electron chi connectivity index (χ4n) is 4.04. The van der Waals surface area contributed by atoms with E-state index >= 15 is 0 Å². The molecule has 3 aliphatic rings. The molecule has 1 aromatic heterocycles. The van der Waals surface area contributed by atoms with Gasteiger partial charge in [0.05, 0.1) is 0 Å². The van der Waals surface area contributed by atoms with Gasteiger partial charge in [0, 0.05) is 50.8 Å². The maximum absolute atomic E-state index is 6.17. The summed E-state index contributed by atoms with van der Waals surface area (Å²) in [7, 11) is 0. The average Bonchev–Trinajstić information content (AvgIpc) is 3.14. The molecular weight excluding hydrogens is 330 g/mol. The van der Waals surface area contributed by atoms with Gasteiger partial charge in [-0.05, 0) is 38.6 Å². The van der Waals surface area contributed by atoms with Crippen LogP contribution in [0.3, 0.4) is 0 Å². The number of aromatic nitrogens is 3. The third-order valence-corrected chi connectivity index (χ3v) is 5.49. The summed E-state index contributed by atoms with van der Waals surface area (Å²) in [5, 5.41) is 6.85. The molecule has 144 valence electrons. The third-order valence-electron chi connectivity index (χ3n) is 5.49. The molecule has 9 heteroatoms. The van der Waals surface area contributed by atoms with E-state index in [9.17, 15) is 0 Å². The van der Waals surface area contributed by atoms with Crippen molar-refractivity contribution < 1.29 is 0 Å². The van der Waals surface area contributed by atoms with Crippen LogP contribution >= 0.6 is 0 Å². The van der Waals surface area contributed by atoms with Gasteiger partial charge in [0.25, 0.3) is 0 Å². The topological polar surface area (TPSA) is 121 Å². The van der Waals surface area contributed by atoms with Crippen molar-refractivity contribution in [3.05, 3.63) is 0 Å². The second kappa shape index (κ2) is 7.89. The minimum Gasteiger partial charge on any atom is -0.350 e. The zero-order chi connectivity index (χ0) is 17.9. The number of piperidine rings is 2. The highest BCUT2D eigenvalue weighted by Crippen LogP contribution is 2.22. The average molecular weight is 361 g/mol. The van der Waals surface area contributed by atoms with Gasteiger partial charge in [-0.3, -0.25) is 0 Å². The van der Waals surface area contributed by atoms with Crippen molar-refractivity contribution in [1.82, 2.24) is 20.3 Å². The van der Waals surface area contributed by atoms with E-state index in [-0.39, 0.29) is 12.1 Å². The van der Waals surface area contributed by atoms with E-state index in [4.69, 9.17) is 26.4 Å². The van der Waals surface area contributed by atoms with Gasteiger partial charge in [-0.15, -0.1) is 0 Å². The van der Waals surface area contributed by atoms with Gasteiger partial charge >= 0.3 is 0 Å². The second-order valence-electron chi connectivity index (χ2n) is 7.79. The number of anilines is 3. The number of nitrogens with zero attached hydrogens (tertiary/aromatic N) is 5. The van der Waals surface area contributed by atoms with Gasteiger partial charge in [-0.2, -0.15) is 15.0 Å². The monoisotopic (exact) mass is 361 g/mol. The number of hydrogen-bond acceptors (Lipinski definition) is 9. The first-order valence-electron chi connectivity index (χ1n) is 9.92. The van der Waals surface area contributed by atoms with Crippen LogP contribution in [0.4, 0.5) is 17.8 Å². The van der Waals surface area contributed by atoms with Gasteiger partial charge in [-0.25, -0.2) is 0 Å². The van der Waals surface area contributed by atoms with Crippen LogP contribution in [0.5, 0.6) is 0 Å². The van der Waals surface area contributed by atoms with Crippen molar-refractivity contribution in [2.45, 2.75) is 50.2 Å². The largest absolute Gasteiger partial charge is 0.350 e. The maximum atomic E-state index is 6.17. The van der Waals surface area contributed by atoms with Crippen LogP contribution in [0.1, 0.15) is 32.1 Å². The zero-order valence-electron chi connectivity index (χ0n) is 15.4. The normalized spacial score (nSPS) is 29.8. The van der Waals surface area contributed by atoms with E-state index in [1.165, 1.54) is 0 Å². The Balaban J connectivity index is 1.59. The van der Waals surface area contributed by atoms with Crippen LogP contribution in [0, 0.1) is 0 Å². The second-order valence-corrected chi connectivity index (χ2v) is 7.79. The summed E-state index contributed by atoms with van der Waals surface area (Å²) in [6, 6.07) is 0.732. The molecule has 1 aromatic rings. The lowest BCUT2D eigenvalue weighted by molar-refractivity contribution is 0.491. The summed E-state index contributed by atoms with van der Waals surface area (Å²) in [6.07, 6.45) is 5.36. The summed E-state index contributed by atoms with van der Waals surface area (Å²) in [6.45, 7) is 5.47. The highest BCUT2D eigenvalue weighted by Gasteiger charge is 2.25. The van der Waals surface area contributed by atoms with Crippen LogP contribution in [-0.4, -0.2) is 72.3 Å². The minimum absolute atomic E-state index is 0.183. The molecule has 3 saturated heterocycles. The summed E-state index contributed by atoms with van der Waals surface area (Å²) < 4.78 is 0. The molecule has 0 bridgehead atoms. The van der Waals surface area contributed by atoms with Gasteiger partial charge < -0.3 is 31.9 Å². The van der Waals surface area contributed by atoms with E-state index in [0.717, 1.165) is 83.3 Å². The van der Waals surface area contributed by atoms with Gasteiger partial charge in [-0.1, -0.05) is 0 Å². The van der Waals surface area contributed by atoms with Gasteiger partial charge in [0.15, 0.2) is 0 Å². The Labute approximate surface area is 154 Å². The Bertz CT molecular complexity index is 564. The van der Waals surface area contributed by atoms with Crippen LogP contribution in [-0.2, 0) is 0 Å². The SMILES string of the molecule is N[C@H]1CCCN(c2nc(NC3CCNC3)nc(N3CCC[C@H](N)C3)n2)C1. The zero-order valence-corrected chi connectivity index (χ0v) is 15.4. The predicted octanol–water partition coefficient (Wildman–Crippen LogP) is -0.500. The minimum atomic E-state index is 0.183. The number of rotatable bonds is 4. The Morgan fingerprint density at radius 2 is 1.50 bits per heavy atom. The highest BCUT2D eigenvalue weighted by atomic mass is 15.4. The van der Waals surface area contributed by atoms with Crippen molar-refractivity contribution in [1.29, 1.82) is 0 Å². The molecule has 0 aromatic carbocycles. The van der Waals surface area contributed by atoms with Gasteiger partial charge in [0.2, 0.25) is 17.8 Å².